The van der Waals surface area contributed by atoms with Crippen LogP contribution in [0.5, 0.6) is 0 Å². The molecule has 0 saturated heterocycles. The Morgan fingerprint density at radius 3 is 2.60 bits per heavy atom. The molecule has 1 nitrogen and oxygen atoms in total. The Labute approximate surface area is 128 Å². The zero-order valence-electron chi connectivity index (χ0n) is 10.7. The number of nitrogens with one attached hydrogen (secondary N) is 1. The molecule has 0 saturated carbocycles. The van der Waals surface area contributed by atoms with Crippen molar-refractivity contribution in [2.45, 2.75) is 25.6 Å². The average molecular weight is 364 g/mol. The van der Waals surface area contributed by atoms with Crippen molar-refractivity contribution in [1.82, 2.24) is 0 Å². The lowest BCUT2D eigenvalue weighted by atomic mass is 10.1. The number of anilines is 1. The fraction of sp³-hybridized carbons (Fsp3) is 0.286. The fourth-order valence-corrected chi connectivity index (χ4v) is 3.16. The van der Waals surface area contributed by atoms with Gasteiger partial charge in [-0.1, -0.05) is 28.9 Å². The van der Waals surface area contributed by atoms with Crippen LogP contribution in [0.15, 0.2) is 40.2 Å². The second kappa shape index (κ2) is 6.18. The number of hydrogen-bond donors (Lipinski definition) is 1. The van der Waals surface area contributed by atoms with Crippen molar-refractivity contribution in [3.63, 3.8) is 0 Å². The monoisotopic (exact) mass is 363 g/mol. The summed E-state index contributed by atoms with van der Waals surface area (Å²) in [4.78, 5) is 1.03. The Bertz CT molecular complexity index is 566. The fourth-order valence-electron chi connectivity index (χ4n) is 1.93. The van der Waals surface area contributed by atoms with Crippen LogP contribution in [-0.2, 0) is 6.18 Å². The van der Waals surface area contributed by atoms with E-state index in [1.807, 2.05) is 24.4 Å². The highest BCUT2D eigenvalue weighted by atomic mass is 79.9. The minimum Gasteiger partial charge on any atom is -0.377 e. The van der Waals surface area contributed by atoms with Crippen LogP contribution in [0.3, 0.4) is 0 Å². The van der Waals surface area contributed by atoms with E-state index in [1.165, 1.54) is 23.5 Å². The molecule has 1 aromatic heterocycles. The van der Waals surface area contributed by atoms with E-state index in [-0.39, 0.29) is 11.7 Å². The molecule has 0 amide bonds. The molecular weight excluding hydrogens is 351 g/mol. The number of alkyl halides is 3. The average Bonchev–Trinajstić information content (AvgIpc) is 2.88. The van der Waals surface area contributed by atoms with Gasteiger partial charge in [0.05, 0.1) is 11.6 Å². The first-order chi connectivity index (χ1) is 9.41. The van der Waals surface area contributed by atoms with E-state index in [4.69, 9.17) is 0 Å². The van der Waals surface area contributed by atoms with Gasteiger partial charge in [-0.3, -0.25) is 0 Å². The minimum absolute atomic E-state index is 0.104. The molecule has 108 valence electrons. The second-order valence-electron chi connectivity index (χ2n) is 4.31. The van der Waals surface area contributed by atoms with Gasteiger partial charge in [-0.25, -0.2) is 0 Å². The summed E-state index contributed by atoms with van der Waals surface area (Å²) in [5.74, 6) is 0. The van der Waals surface area contributed by atoms with Gasteiger partial charge in [-0.15, -0.1) is 11.3 Å². The van der Waals surface area contributed by atoms with Crippen LogP contribution in [-0.4, -0.2) is 0 Å². The Balaban J connectivity index is 2.34. The number of rotatable bonds is 4. The van der Waals surface area contributed by atoms with Crippen molar-refractivity contribution in [2.75, 3.05) is 5.32 Å². The van der Waals surface area contributed by atoms with E-state index < -0.39 is 11.7 Å². The highest BCUT2D eigenvalue weighted by Crippen LogP contribution is 2.38. The highest BCUT2D eigenvalue weighted by Gasteiger charge is 2.34. The summed E-state index contributed by atoms with van der Waals surface area (Å²) in [6.45, 7) is 1.95. The van der Waals surface area contributed by atoms with E-state index in [0.717, 1.165) is 10.9 Å². The standard InChI is InChI=1S/C14H13BrF3NS/c1-2-11(13-4-3-7-20-13)19-12-8-9(15)5-6-10(12)14(16,17)18/h3-8,11,19H,2H2,1H3. The van der Waals surface area contributed by atoms with Gasteiger partial charge in [0, 0.05) is 15.0 Å². The van der Waals surface area contributed by atoms with E-state index in [2.05, 4.69) is 21.2 Å². The topological polar surface area (TPSA) is 12.0 Å². The molecule has 20 heavy (non-hydrogen) atoms. The smallest absolute Gasteiger partial charge is 0.377 e. The predicted octanol–water partition coefficient (Wildman–Crippen LogP) is 6.09. The predicted molar refractivity (Wildman–Crippen MR) is 80.1 cm³/mol. The summed E-state index contributed by atoms with van der Waals surface area (Å²) in [6.07, 6.45) is -3.65. The Morgan fingerprint density at radius 1 is 1.30 bits per heavy atom. The SMILES string of the molecule is CCC(Nc1cc(Br)ccc1C(F)(F)F)c1cccs1. The lowest BCUT2D eigenvalue weighted by Crippen LogP contribution is -2.14. The van der Waals surface area contributed by atoms with E-state index >= 15 is 0 Å². The molecule has 0 radical (unpaired) electrons. The van der Waals surface area contributed by atoms with Crippen LogP contribution in [0.4, 0.5) is 18.9 Å². The van der Waals surface area contributed by atoms with Crippen molar-refractivity contribution >= 4 is 33.0 Å². The van der Waals surface area contributed by atoms with Crippen molar-refractivity contribution in [1.29, 1.82) is 0 Å². The zero-order valence-corrected chi connectivity index (χ0v) is 13.1. The van der Waals surface area contributed by atoms with Crippen LogP contribution in [0.1, 0.15) is 29.8 Å². The van der Waals surface area contributed by atoms with Gasteiger partial charge in [0.2, 0.25) is 0 Å². The molecule has 1 aromatic carbocycles. The largest absolute Gasteiger partial charge is 0.418 e. The van der Waals surface area contributed by atoms with Gasteiger partial charge in [0.1, 0.15) is 0 Å². The normalized spacial score (nSPS) is 13.2. The van der Waals surface area contributed by atoms with Crippen LogP contribution in [0, 0.1) is 0 Å². The van der Waals surface area contributed by atoms with Crippen LogP contribution < -0.4 is 5.32 Å². The van der Waals surface area contributed by atoms with Gasteiger partial charge < -0.3 is 5.32 Å². The van der Waals surface area contributed by atoms with Gasteiger partial charge >= 0.3 is 6.18 Å². The maximum Gasteiger partial charge on any atom is 0.418 e. The molecule has 0 bridgehead atoms. The zero-order chi connectivity index (χ0) is 14.8. The minimum atomic E-state index is -4.36. The van der Waals surface area contributed by atoms with Crippen molar-refractivity contribution in [3.05, 3.63) is 50.6 Å². The molecule has 0 fully saturated rings. The third-order valence-electron chi connectivity index (χ3n) is 2.91. The van der Waals surface area contributed by atoms with Crippen molar-refractivity contribution in [3.8, 4) is 0 Å². The summed E-state index contributed by atoms with van der Waals surface area (Å²) in [5, 5.41) is 4.93. The number of hydrogen-bond acceptors (Lipinski definition) is 2. The molecule has 1 unspecified atom stereocenters. The summed E-state index contributed by atoms with van der Waals surface area (Å²) in [6, 6.07) is 7.67. The van der Waals surface area contributed by atoms with E-state index in [9.17, 15) is 13.2 Å². The summed E-state index contributed by atoms with van der Waals surface area (Å²) < 4.78 is 39.7. The Kier molecular flexibility index (Phi) is 4.75. The van der Waals surface area contributed by atoms with Crippen molar-refractivity contribution < 1.29 is 13.2 Å². The summed E-state index contributed by atoms with van der Waals surface area (Å²) in [7, 11) is 0. The molecule has 0 aliphatic rings. The number of halogens is 4. The molecule has 0 aliphatic carbocycles. The maximum absolute atomic E-state index is 13.0. The molecule has 1 heterocycles. The van der Waals surface area contributed by atoms with Crippen LogP contribution in [0.25, 0.3) is 0 Å². The number of benzene rings is 1. The Morgan fingerprint density at radius 2 is 2.05 bits per heavy atom. The third-order valence-corrected chi connectivity index (χ3v) is 4.39. The molecule has 0 spiro atoms. The molecule has 1 atom stereocenters. The summed E-state index contributed by atoms with van der Waals surface area (Å²) in [5.41, 5.74) is -0.539. The number of thiophene rings is 1. The molecule has 2 aromatic rings. The molecule has 6 heteroatoms. The first-order valence-corrected chi connectivity index (χ1v) is 7.75. The van der Waals surface area contributed by atoms with Gasteiger partial charge in [-0.05, 0) is 36.1 Å². The van der Waals surface area contributed by atoms with Gasteiger partial charge in [-0.2, -0.15) is 13.2 Å². The van der Waals surface area contributed by atoms with Crippen LogP contribution in [0.2, 0.25) is 0 Å². The first-order valence-electron chi connectivity index (χ1n) is 6.08. The third kappa shape index (κ3) is 3.55. The molecule has 2 rings (SSSR count). The van der Waals surface area contributed by atoms with Gasteiger partial charge in [0.15, 0.2) is 0 Å². The van der Waals surface area contributed by atoms with E-state index in [1.54, 1.807) is 0 Å². The van der Waals surface area contributed by atoms with Crippen LogP contribution >= 0.6 is 27.3 Å². The molecule has 1 N–H and O–H groups in total. The maximum atomic E-state index is 13.0. The second-order valence-corrected chi connectivity index (χ2v) is 6.20. The van der Waals surface area contributed by atoms with Crippen molar-refractivity contribution in [2.24, 2.45) is 0 Å². The first kappa shape index (κ1) is 15.4. The lowest BCUT2D eigenvalue weighted by molar-refractivity contribution is -0.137. The highest BCUT2D eigenvalue weighted by molar-refractivity contribution is 9.10. The Hall–Kier alpha value is -1.01. The summed E-state index contributed by atoms with van der Waals surface area (Å²) >= 11 is 4.76. The molecule has 0 aliphatic heterocycles. The van der Waals surface area contributed by atoms with E-state index in [0.29, 0.717) is 10.9 Å². The molecular formula is C14H13BrF3NS. The van der Waals surface area contributed by atoms with Gasteiger partial charge in [0.25, 0.3) is 0 Å². The quantitative estimate of drug-likeness (QED) is 0.692. The lowest BCUT2D eigenvalue weighted by Gasteiger charge is -2.21.